The van der Waals surface area contributed by atoms with Crippen LogP contribution in [-0.4, -0.2) is 23.9 Å². The smallest absolute Gasteiger partial charge is 0.223 e. The van der Waals surface area contributed by atoms with E-state index in [0.717, 1.165) is 19.3 Å². The van der Waals surface area contributed by atoms with Gasteiger partial charge in [-0.25, -0.2) is 0 Å². The van der Waals surface area contributed by atoms with Crippen LogP contribution in [0.15, 0.2) is 0 Å². The Morgan fingerprint density at radius 1 is 1.00 bits per heavy atom. The number of nitrogens with zero attached hydrogens (tertiary/aromatic N) is 2. The van der Waals surface area contributed by atoms with Gasteiger partial charge in [-0.05, 0) is 33.1 Å². The Morgan fingerprint density at radius 3 is 1.77 bits per heavy atom. The number of amides is 2. The standard InChI is InChI=1S/C16H24N4O2/c1-11(6-8-17)19-15(21)13-4-3-5-14(10-13)16(22)20-12(2)7-9-18/h11-14H,3-7,10H2,1-2H3,(H,19,21)(H,20,22)/t11?,12?,13-,14+. The Labute approximate surface area is 131 Å². The van der Waals surface area contributed by atoms with Gasteiger partial charge >= 0.3 is 0 Å². The first-order valence-corrected chi connectivity index (χ1v) is 7.82. The molecule has 4 atom stereocenters. The quantitative estimate of drug-likeness (QED) is 0.777. The molecule has 0 aromatic rings. The molecule has 0 spiro atoms. The van der Waals surface area contributed by atoms with E-state index < -0.39 is 0 Å². The van der Waals surface area contributed by atoms with Crippen molar-refractivity contribution < 1.29 is 9.59 Å². The van der Waals surface area contributed by atoms with Crippen LogP contribution in [0.1, 0.15) is 52.4 Å². The summed E-state index contributed by atoms with van der Waals surface area (Å²) >= 11 is 0. The second-order valence-electron chi connectivity index (χ2n) is 6.10. The molecule has 0 aliphatic heterocycles. The van der Waals surface area contributed by atoms with E-state index in [1.165, 1.54) is 0 Å². The minimum Gasteiger partial charge on any atom is -0.352 e. The Kier molecular flexibility index (Phi) is 7.39. The van der Waals surface area contributed by atoms with Crippen molar-refractivity contribution in [2.75, 3.05) is 0 Å². The summed E-state index contributed by atoms with van der Waals surface area (Å²) in [7, 11) is 0. The van der Waals surface area contributed by atoms with Gasteiger partial charge in [-0.15, -0.1) is 0 Å². The topological polar surface area (TPSA) is 106 Å². The van der Waals surface area contributed by atoms with E-state index in [0.29, 0.717) is 6.42 Å². The Morgan fingerprint density at radius 2 is 1.41 bits per heavy atom. The zero-order valence-electron chi connectivity index (χ0n) is 13.3. The summed E-state index contributed by atoms with van der Waals surface area (Å²) in [6.45, 7) is 3.61. The molecule has 1 aliphatic carbocycles. The fraction of sp³-hybridized carbons (Fsp3) is 0.750. The molecule has 0 aromatic carbocycles. The molecule has 6 heteroatoms. The molecule has 0 bridgehead atoms. The lowest BCUT2D eigenvalue weighted by Crippen LogP contribution is -2.43. The predicted octanol–water partition coefficient (Wildman–Crippen LogP) is 1.63. The van der Waals surface area contributed by atoms with Crippen LogP contribution in [0.25, 0.3) is 0 Å². The third-order valence-electron chi connectivity index (χ3n) is 3.99. The average molecular weight is 304 g/mol. The lowest BCUT2D eigenvalue weighted by molar-refractivity contribution is -0.130. The highest BCUT2D eigenvalue weighted by Crippen LogP contribution is 2.29. The number of carbonyl (C=O) groups excluding carboxylic acids is 2. The maximum Gasteiger partial charge on any atom is 0.223 e. The molecule has 1 rings (SSSR count). The van der Waals surface area contributed by atoms with Crippen molar-refractivity contribution in [1.29, 1.82) is 10.5 Å². The summed E-state index contributed by atoms with van der Waals surface area (Å²) in [5.74, 6) is -0.468. The number of hydrogen-bond acceptors (Lipinski definition) is 4. The van der Waals surface area contributed by atoms with Gasteiger partial charge in [-0.2, -0.15) is 10.5 Å². The van der Waals surface area contributed by atoms with Crippen molar-refractivity contribution in [3.05, 3.63) is 0 Å². The number of rotatable bonds is 6. The first-order valence-electron chi connectivity index (χ1n) is 7.82. The molecule has 6 nitrogen and oxygen atoms in total. The second-order valence-corrected chi connectivity index (χ2v) is 6.10. The van der Waals surface area contributed by atoms with Crippen LogP contribution in [0.3, 0.4) is 0 Å². The fourth-order valence-electron chi connectivity index (χ4n) is 2.76. The highest BCUT2D eigenvalue weighted by molar-refractivity contribution is 5.82. The van der Waals surface area contributed by atoms with Gasteiger partial charge in [0.1, 0.15) is 0 Å². The van der Waals surface area contributed by atoms with Gasteiger partial charge < -0.3 is 10.6 Å². The molecule has 0 aromatic heterocycles. The van der Waals surface area contributed by atoms with Gasteiger partial charge in [0.15, 0.2) is 0 Å². The maximum absolute atomic E-state index is 12.2. The average Bonchev–Trinajstić information content (AvgIpc) is 2.47. The normalized spacial score (nSPS) is 23.5. The largest absolute Gasteiger partial charge is 0.352 e. The van der Waals surface area contributed by atoms with Gasteiger partial charge in [-0.1, -0.05) is 6.42 Å². The molecule has 1 saturated carbocycles. The highest BCUT2D eigenvalue weighted by atomic mass is 16.2. The zero-order valence-corrected chi connectivity index (χ0v) is 13.3. The molecular formula is C16H24N4O2. The van der Waals surface area contributed by atoms with Crippen LogP contribution >= 0.6 is 0 Å². The van der Waals surface area contributed by atoms with Crippen LogP contribution in [0.4, 0.5) is 0 Å². The first kappa shape index (κ1) is 18.0. The number of nitriles is 2. The molecule has 2 N–H and O–H groups in total. The highest BCUT2D eigenvalue weighted by Gasteiger charge is 2.31. The van der Waals surface area contributed by atoms with Gasteiger partial charge in [0, 0.05) is 23.9 Å². The third kappa shape index (κ3) is 5.73. The summed E-state index contributed by atoms with van der Waals surface area (Å²) < 4.78 is 0. The molecule has 0 saturated heterocycles. The number of nitrogens with one attached hydrogen (secondary N) is 2. The fourth-order valence-corrected chi connectivity index (χ4v) is 2.76. The second kappa shape index (κ2) is 9.04. The van der Waals surface area contributed by atoms with Crippen molar-refractivity contribution in [2.45, 2.75) is 64.5 Å². The Bertz CT molecular complexity index is 436. The molecule has 1 fully saturated rings. The molecule has 0 radical (unpaired) electrons. The molecule has 120 valence electrons. The van der Waals surface area contributed by atoms with Gasteiger partial charge in [0.05, 0.1) is 25.0 Å². The van der Waals surface area contributed by atoms with Crippen molar-refractivity contribution >= 4 is 11.8 Å². The van der Waals surface area contributed by atoms with Crippen molar-refractivity contribution in [3.8, 4) is 12.1 Å². The van der Waals surface area contributed by atoms with E-state index in [1.54, 1.807) is 13.8 Å². The lowest BCUT2D eigenvalue weighted by Gasteiger charge is -2.29. The summed E-state index contributed by atoms with van der Waals surface area (Å²) in [6, 6.07) is 3.73. The van der Waals surface area contributed by atoms with Crippen molar-refractivity contribution in [2.24, 2.45) is 11.8 Å². The summed E-state index contributed by atoms with van der Waals surface area (Å²) in [5, 5.41) is 22.9. The molecule has 2 unspecified atom stereocenters. The van der Waals surface area contributed by atoms with Gasteiger partial charge in [-0.3, -0.25) is 9.59 Å². The molecular weight excluding hydrogens is 280 g/mol. The first-order chi connectivity index (χ1) is 10.5. The van der Waals surface area contributed by atoms with Crippen LogP contribution < -0.4 is 10.6 Å². The predicted molar refractivity (Wildman–Crippen MR) is 81.1 cm³/mol. The number of carbonyl (C=O) groups is 2. The van der Waals surface area contributed by atoms with E-state index in [4.69, 9.17) is 10.5 Å². The SMILES string of the molecule is CC(CC#N)NC(=O)[C@@H]1CCC[C@H](C(=O)NC(C)CC#N)C1. The third-order valence-corrected chi connectivity index (χ3v) is 3.99. The molecule has 1 aliphatic rings. The summed E-state index contributed by atoms with van der Waals surface area (Å²) in [6.07, 6.45) is 3.51. The Hall–Kier alpha value is -2.08. The van der Waals surface area contributed by atoms with Crippen LogP contribution in [0.2, 0.25) is 0 Å². The lowest BCUT2D eigenvalue weighted by atomic mass is 9.80. The van der Waals surface area contributed by atoms with Crippen LogP contribution in [-0.2, 0) is 9.59 Å². The van der Waals surface area contributed by atoms with E-state index in [-0.39, 0.29) is 48.6 Å². The zero-order chi connectivity index (χ0) is 16.5. The maximum atomic E-state index is 12.2. The van der Waals surface area contributed by atoms with Gasteiger partial charge in [0.2, 0.25) is 11.8 Å². The van der Waals surface area contributed by atoms with E-state index in [2.05, 4.69) is 10.6 Å². The van der Waals surface area contributed by atoms with Crippen LogP contribution in [0, 0.1) is 34.5 Å². The van der Waals surface area contributed by atoms with Crippen LogP contribution in [0.5, 0.6) is 0 Å². The molecule has 2 amide bonds. The van der Waals surface area contributed by atoms with Gasteiger partial charge in [0.25, 0.3) is 0 Å². The molecule has 0 heterocycles. The minimum atomic E-state index is -0.170. The van der Waals surface area contributed by atoms with E-state index >= 15 is 0 Å². The Balaban J connectivity index is 2.50. The van der Waals surface area contributed by atoms with Crippen molar-refractivity contribution in [1.82, 2.24) is 10.6 Å². The van der Waals surface area contributed by atoms with Crippen molar-refractivity contribution in [3.63, 3.8) is 0 Å². The van der Waals surface area contributed by atoms with E-state index in [1.807, 2.05) is 12.1 Å². The molecule has 22 heavy (non-hydrogen) atoms. The monoisotopic (exact) mass is 304 g/mol. The summed E-state index contributed by atoms with van der Waals surface area (Å²) in [5.41, 5.74) is 0. The number of hydrogen-bond donors (Lipinski definition) is 2. The minimum absolute atomic E-state index is 0.0645. The van der Waals surface area contributed by atoms with E-state index in [9.17, 15) is 9.59 Å². The summed E-state index contributed by atoms with van der Waals surface area (Å²) in [4.78, 5) is 24.4.